The Hall–Kier alpha value is -2.66. The van der Waals surface area contributed by atoms with Gasteiger partial charge in [0.25, 0.3) is 0 Å². The predicted octanol–water partition coefficient (Wildman–Crippen LogP) is 3.47. The summed E-state index contributed by atoms with van der Waals surface area (Å²) in [5, 5.41) is 11.0. The molecule has 104 valence electrons. The summed E-state index contributed by atoms with van der Waals surface area (Å²) in [6, 6.07) is 18.9. The van der Waals surface area contributed by atoms with Crippen LogP contribution >= 0.6 is 11.3 Å². The molecule has 0 saturated heterocycles. The molecule has 4 nitrogen and oxygen atoms in total. The fourth-order valence-electron chi connectivity index (χ4n) is 1.98. The van der Waals surface area contributed by atoms with E-state index in [4.69, 9.17) is 0 Å². The molecule has 0 radical (unpaired) electrons. The Labute approximate surface area is 125 Å². The first kappa shape index (κ1) is 13.3. The Morgan fingerprint density at radius 3 is 2.24 bits per heavy atom. The number of carbonyl (C=O) groups is 1. The number of para-hydroxylation sites is 2. The standard InChI is InChI=1S/C16H12N2O2S/c19-15(20)14-11-21-16(17-12-7-3-1-4-8-12)18(14)13-9-5-2-6-10-13/h1-11H,(H,19,20). The van der Waals surface area contributed by atoms with Gasteiger partial charge < -0.3 is 5.11 Å². The number of hydrogen-bond acceptors (Lipinski definition) is 3. The number of nitrogens with zero attached hydrogens (tertiary/aromatic N) is 2. The summed E-state index contributed by atoms with van der Waals surface area (Å²) in [4.78, 5) is 16.6. The molecule has 0 fully saturated rings. The van der Waals surface area contributed by atoms with E-state index in [-0.39, 0.29) is 5.69 Å². The van der Waals surface area contributed by atoms with E-state index in [0.29, 0.717) is 4.80 Å². The molecule has 1 heterocycles. The van der Waals surface area contributed by atoms with Crippen molar-refractivity contribution < 1.29 is 9.90 Å². The van der Waals surface area contributed by atoms with Crippen LogP contribution < -0.4 is 4.80 Å². The molecular formula is C16H12N2O2S. The highest BCUT2D eigenvalue weighted by atomic mass is 32.1. The number of benzene rings is 2. The Kier molecular flexibility index (Phi) is 3.66. The Bertz CT molecular complexity index is 820. The summed E-state index contributed by atoms with van der Waals surface area (Å²) in [5.74, 6) is -0.968. The van der Waals surface area contributed by atoms with Crippen LogP contribution in [0.2, 0.25) is 0 Å². The van der Waals surface area contributed by atoms with E-state index in [0.717, 1.165) is 11.4 Å². The van der Waals surface area contributed by atoms with Crippen LogP contribution in [-0.4, -0.2) is 15.6 Å². The van der Waals surface area contributed by atoms with E-state index >= 15 is 0 Å². The minimum absolute atomic E-state index is 0.209. The summed E-state index contributed by atoms with van der Waals surface area (Å²) < 4.78 is 1.65. The van der Waals surface area contributed by atoms with Crippen LogP contribution in [0.25, 0.3) is 5.69 Å². The van der Waals surface area contributed by atoms with Gasteiger partial charge in [0.15, 0.2) is 4.80 Å². The van der Waals surface area contributed by atoms with Crippen molar-refractivity contribution in [2.75, 3.05) is 0 Å². The number of aromatic carboxylic acids is 1. The van der Waals surface area contributed by atoms with E-state index in [1.54, 1.807) is 9.95 Å². The first-order valence-corrected chi connectivity index (χ1v) is 7.23. The van der Waals surface area contributed by atoms with E-state index in [1.165, 1.54) is 11.3 Å². The molecule has 0 saturated carbocycles. The van der Waals surface area contributed by atoms with Gasteiger partial charge in [0.1, 0.15) is 5.69 Å². The second-order valence-electron chi connectivity index (χ2n) is 4.33. The molecule has 5 heteroatoms. The van der Waals surface area contributed by atoms with Crippen LogP contribution in [0.3, 0.4) is 0 Å². The highest BCUT2D eigenvalue weighted by molar-refractivity contribution is 7.07. The van der Waals surface area contributed by atoms with Crippen molar-refractivity contribution in [3.8, 4) is 5.69 Å². The summed E-state index contributed by atoms with van der Waals surface area (Å²) >= 11 is 1.31. The maximum Gasteiger partial charge on any atom is 0.353 e. The highest BCUT2D eigenvalue weighted by Gasteiger charge is 2.13. The van der Waals surface area contributed by atoms with Crippen molar-refractivity contribution in [3.05, 3.63) is 76.5 Å². The molecule has 3 rings (SSSR count). The number of carboxylic acid groups (broad SMARTS) is 1. The number of aromatic nitrogens is 1. The van der Waals surface area contributed by atoms with Gasteiger partial charge in [-0.1, -0.05) is 36.4 Å². The van der Waals surface area contributed by atoms with Crippen molar-refractivity contribution in [1.29, 1.82) is 0 Å². The van der Waals surface area contributed by atoms with Crippen LogP contribution in [0.4, 0.5) is 5.69 Å². The van der Waals surface area contributed by atoms with Crippen molar-refractivity contribution in [2.45, 2.75) is 0 Å². The van der Waals surface area contributed by atoms with Gasteiger partial charge in [-0.15, -0.1) is 11.3 Å². The molecule has 0 atom stereocenters. The van der Waals surface area contributed by atoms with Gasteiger partial charge in [-0.05, 0) is 24.3 Å². The molecule has 3 aromatic rings. The van der Waals surface area contributed by atoms with Gasteiger partial charge in [0.05, 0.1) is 5.69 Å². The molecule has 0 unspecified atom stereocenters. The predicted molar refractivity (Wildman–Crippen MR) is 82.3 cm³/mol. The van der Waals surface area contributed by atoms with Gasteiger partial charge in [-0.2, -0.15) is 0 Å². The van der Waals surface area contributed by atoms with E-state index in [1.807, 2.05) is 60.7 Å². The molecule has 0 aliphatic carbocycles. The molecule has 1 aromatic heterocycles. The van der Waals surface area contributed by atoms with Crippen LogP contribution in [0.5, 0.6) is 0 Å². The minimum atomic E-state index is -0.968. The average molecular weight is 296 g/mol. The van der Waals surface area contributed by atoms with Crippen molar-refractivity contribution in [1.82, 2.24) is 4.57 Å². The second-order valence-corrected chi connectivity index (χ2v) is 5.16. The number of thiazole rings is 1. The summed E-state index contributed by atoms with van der Waals surface area (Å²) in [6.07, 6.45) is 0. The smallest absolute Gasteiger partial charge is 0.353 e. The third kappa shape index (κ3) is 2.78. The molecule has 2 aromatic carbocycles. The largest absolute Gasteiger partial charge is 0.477 e. The normalized spacial score (nSPS) is 11.5. The zero-order valence-corrected chi connectivity index (χ0v) is 11.8. The van der Waals surface area contributed by atoms with E-state index < -0.39 is 5.97 Å². The summed E-state index contributed by atoms with van der Waals surface area (Å²) in [6.45, 7) is 0. The summed E-state index contributed by atoms with van der Waals surface area (Å²) in [7, 11) is 0. The number of carboxylic acids is 1. The lowest BCUT2D eigenvalue weighted by Crippen LogP contribution is -2.17. The van der Waals surface area contributed by atoms with Crippen molar-refractivity contribution in [3.63, 3.8) is 0 Å². The monoisotopic (exact) mass is 296 g/mol. The molecule has 0 aliphatic heterocycles. The quantitative estimate of drug-likeness (QED) is 0.804. The second kappa shape index (κ2) is 5.76. The average Bonchev–Trinajstić information content (AvgIpc) is 2.93. The number of hydrogen-bond donors (Lipinski definition) is 1. The van der Waals surface area contributed by atoms with Crippen molar-refractivity contribution >= 4 is 23.0 Å². The van der Waals surface area contributed by atoms with Crippen LogP contribution in [-0.2, 0) is 0 Å². The lowest BCUT2D eigenvalue weighted by atomic mass is 10.3. The maximum absolute atomic E-state index is 11.4. The van der Waals surface area contributed by atoms with Gasteiger partial charge in [-0.25, -0.2) is 9.79 Å². The lowest BCUT2D eigenvalue weighted by molar-refractivity contribution is 0.0688. The minimum Gasteiger partial charge on any atom is -0.477 e. The number of rotatable bonds is 3. The zero-order chi connectivity index (χ0) is 14.7. The van der Waals surface area contributed by atoms with Gasteiger partial charge in [-0.3, -0.25) is 4.57 Å². The Balaban J connectivity index is 2.23. The van der Waals surface area contributed by atoms with Crippen LogP contribution in [0, 0.1) is 0 Å². The fourth-order valence-corrected chi connectivity index (χ4v) is 2.87. The van der Waals surface area contributed by atoms with Crippen molar-refractivity contribution in [2.24, 2.45) is 4.99 Å². The first-order valence-electron chi connectivity index (χ1n) is 6.35. The van der Waals surface area contributed by atoms with Crippen LogP contribution in [0.1, 0.15) is 10.5 Å². The third-order valence-electron chi connectivity index (χ3n) is 2.92. The zero-order valence-electron chi connectivity index (χ0n) is 11.0. The third-order valence-corrected chi connectivity index (χ3v) is 3.75. The van der Waals surface area contributed by atoms with E-state index in [2.05, 4.69) is 4.99 Å². The fraction of sp³-hybridized carbons (Fsp3) is 0. The van der Waals surface area contributed by atoms with E-state index in [9.17, 15) is 9.90 Å². The molecule has 0 aliphatic rings. The Morgan fingerprint density at radius 1 is 1.00 bits per heavy atom. The van der Waals surface area contributed by atoms with Crippen LogP contribution in [0.15, 0.2) is 71.0 Å². The van der Waals surface area contributed by atoms with Gasteiger partial charge >= 0.3 is 5.97 Å². The van der Waals surface area contributed by atoms with Gasteiger partial charge in [0, 0.05) is 11.1 Å². The molecular weight excluding hydrogens is 284 g/mol. The summed E-state index contributed by atoms with van der Waals surface area (Å²) in [5.41, 5.74) is 1.78. The topological polar surface area (TPSA) is 54.6 Å². The first-order chi connectivity index (χ1) is 10.3. The maximum atomic E-state index is 11.4. The molecule has 0 amide bonds. The highest BCUT2D eigenvalue weighted by Crippen LogP contribution is 2.14. The molecule has 0 bridgehead atoms. The molecule has 21 heavy (non-hydrogen) atoms. The SMILES string of the molecule is O=C(O)c1csc(=Nc2ccccc2)n1-c1ccccc1. The Morgan fingerprint density at radius 2 is 1.62 bits per heavy atom. The molecule has 0 spiro atoms. The van der Waals surface area contributed by atoms with Gasteiger partial charge in [0.2, 0.25) is 0 Å². The lowest BCUT2D eigenvalue weighted by Gasteiger charge is -2.05. The molecule has 1 N–H and O–H groups in total.